The zero-order valence-corrected chi connectivity index (χ0v) is 30.1. The largest absolute Gasteiger partial charge is 0.508 e. The van der Waals surface area contributed by atoms with E-state index < -0.39 is 5.78 Å². The van der Waals surface area contributed by atoms with Gasteiger partial charge in [-0.15, -0.1) is 0 Å². The zero-order valence-electron chi connectivity index (χ0n) is 30.1. The van der Waals surface area contributed by atoms with Crippen molar-refractivity contribution >= 4 is 11.6 Å². The molecule has 0 heterocycles. The van der Waals surface area contributed by atoms with Crippen LogP contribution in [0.3, 0.4) is 0 Å². The average molecular weight is 703 g/mol. The third-order valence-electron chi connectivity index (χ3n) is 8.77. The van der Waals surface area contributed by atoms with Gasteiger partial charge in [0.25, 0.3) is 0 Å². The first-order chi connectivity index (χ1) is 24.9. The van der Waals surface area contributed by atoms with E-state index in [1.165, 1.54) is 12.1 Å². The van der Waals surface area contributed by atoms with Crippen LogP contribution in [-0.4, -0.2) is 46.7 Å². The van der Waals surface area contributed by atoms with Crippen LogP contribution in [-0.2, 0) is 18.3 Å². The smallest absolute Gasteiger partial charge is 0.203 e. The summed E-state index contributed by atoms with van der Waals surface area (Å²) in [5.41, 5.74) is 4.67. The molecule has 5 aromatic carbocycles. The number of carbonyl (C=O) groups excluding carboxylic acids is 2. The average Bonchev–Trinajstić information content (AvgIpc) is 3.13. The van der Waals surface area contributed by atoms with E-state index in [4.69, 9.17) is 14.2 Å². The number of aryl methyl sites for hydroxylation is 2. The number of phenolic OH excluding ortho intramolecular Hbond substituents is 3. The van der Waals surface area contributed by atoms with E-state index in [9.17, 15) is 24.9 Å². The van der Waals surface area contributed by atoms with Crippen LogP contribution in [0.25, 0.3) is 11.1 Å². The lowest BCUT2D eigenvalue weighted by Crippen LogP contribution is -2.14. The number of rotatable bonds is 16. The fourth-order valence-corrected chi connectivity index (χ4v) is 5.79. The Bertz CT molecular complexity index is 1980. The van der Waals surface area contributed by atoms with Gasteiger partial charge in [0.1, 0.15) is 34.5 Å². The number of Topliss-reactive ketones (excluding diaryl/α,β-unsaturated/α-hetero) is 2. The number of carbonyl (C=O) groups is 2. The van der Waals surface area contributed by atoms with Crippen LogP contribution in [0.4, 0.5) is 0 Å². The van der Waals surface area contributed by atoms with Gasteiger partial charge in [-0.3, -0.25) is 9.59 Å². The summed E-state index contributed by atoms with van der Waals surface area (Å²) < 4.78 is 17.5. The van der Waals surface area contributed by atoms with Crippen LogP contribution in [0.2, 0.25) is 0 Å². The molecule has 0 amide bonds. The second-order valence-electron chi connectivity index (χ2n) is 13.8. The summed E-state index contributed by atoms with van der Waals surface area (Å²) in [6.45, 7) is 7.97. The molecule has 0 atom stereocenters. The van der Waals surface area contributed by atoms with Gasteiger partial charge in [0.15, 0.2) is 13.2 Å². The Morgan fingerprint density at radius 1 is 0.596 bits per heavy atom. The Morgan fingerprint density at radius 2 is 1.13 bits per heavy atom. The van der Waals surface area contributed by atoms with E-state index in [-0.39, 0.29) is 59.6 Å². The van der Waals surface area contributed by atoms with Gasteiger partial charge < -0.3 is 29.5 Å². The highest BCUT2D eigenvalue weighted by molar-refractivity contribution is 6.00. The van der Waals surface area contributed by atoms with Crippen molar-refractivity contribution in [3.05, 3.63) is 131 Å². The Kier molecular flexibility index (Phi) is 12.2. The van der Waals surface area contributed by atoms with Gasteiger partial charge in [0.2, 0.25) is 11.6 Å². The number of ketones is 2. The van der Waals surface area contributed by atoms with Crippen LogP contribution >= 0.6 is 0 Å². The maximum absolute atomic E-state index is 13.4. The van der Waals surface area contributed by atoms with Crippen molar-refractivity contribution in [3.63, 3.8) is 0 Å². The predicted octanol–water partition coefficient (Wildman–Crippen LogP) is 9.26. The van der Waals surface area contributed by atoms with Crippen molar-refractivity contribution in [1.82, 2.24) is 0 Å². The minimum absolute atomic E-state index is 0.0134. The predicted molar refractivity (Wildman–Crippen MR) is 202 cm³/mol. The molecule has 0 bridgehead atoms. The summed E-state index contributed by atoms with van der Waals surface area (Å²) in [5.74, 6) is 0.125. The molecule has 0 saturated carbocycles. The lowest BCUT2D eigenvalue weighted by Gasteiger charge is -2.19. The molecule has 5 rings (SSSR count). The summed E-state index contributed by atoms with van der Waals surface area (Å²) in [6.07, 6.45) is 2.08. The van der Waals surface area contributed by atoms with Gasteiger partial charge in [-0.25, -0.2) is 0 Å². The third-order valence-corrected chi connectivity index (χ3v) is 8.77. The van der Waals surface area contributed by atoms with Crippen LogP contribution in [0, 0.1) is 0 Å². The molecular formula is C44H46O8. The lowest BCUT2D eigenvalue weighted by molar-refractivity contribution is 0.0911. The van der Waals surface area contributed by atoms with Crippen LogP contribution in [0.1, 0.15) is 77.9 Å². The van der Waals surface area contributed by atoms with Gasteiger partial charge in [0, 0.05) is 12.1 Å². The number of hydrogen-bond donors (Lipinski definition) is 3. The van der Waals surface area contributed by atoms with Gasteiger partial charge >= 0.3 is 0 Å². The summed E-state index contributed by atoms with van der Waals surface area (Å²) in [6, 6.07) is 30.7. The molecule has 0 fully saturated rings. The van der Waals surface area contributed by atoms with E-state index in [2.05, 4.69) is 20.8 Å². The molecule has 0 aliphatic carbocycles. The normalized spacial score (nSPS) is 11.2. The van der Waals surface area contributed by atoms with Crippen LogP contribution < -0.4 is 14.2 Å². The first kappa shape index (κ1) is 37.5. The fourth-order valence-electron chi connectivity index (χ4n) is 5.79. The molecule has 0 aliphatic rings. The summed E-state index contributed by atoms with van der Waals surface area (Å²) >= 11 is 0. The highest BCUT2D eigenvalue weighted by Gasteiger charge is 2.20. The van der Waals surface area contributed by atoms with Crippen molar-refractivity contribution in [2.24, 2.45) is 0 Å². The van der Waals surface area contributed by atoms with Gasteiger partial charge in [-0.2, -0.15) is 0 Å². The van der Waals surface area contributed by atoms with E-state index >= 15 is 0 Å². The molecule has 270 valence electrons. The Morgan fingerprint density at radius 3 is 1.75 bits per heavy atom. The summed E-state index contributed by atoms with van der Waals surface area (Å²) in [7, 11) is 0. The molecular weight excluding hydrogens is 656 g/mol. The quantitative estimate of drug-likeness (QED) is 0.0687. The Labute approximate surface area is 305 Å². The molecule has 8 nitrogen and oxygen atoms in total. The Balaban J connectivity index is 1.20. The molecule has 0 saturated heterocycles. The van der Waals surface area contributed by atoms with Crippen LogP contribution in [0.15, 0.2) is 103 Å². The molecule has 52 heavy (non-hydrogen) atoms. The minimum Gasteiger partial charge on any atom is -0.508 e. The van der Waals surface area contributed by atoms with Crippen molar-refractivity contribution < 1.29 is 39.1 Å². The minimum atomic E-state index is -0.435. The SMILES string of the molecule is CCCc1cc(C(=O)COc2ccc(-c3ccccc3)cc2)c(OCCCc2cc(C(=O)COc3ccc(C(C)(C)C)cc3)c(O)cc2O)cc1O. The third kappa shape index (κ3) is 9.72. The van der Waals surface area contributed by atoms with Crippen molar-refractivity contribution in [3.8, 4) is 45.6 Å². The first-order valence-corrected chi connectivity index (χ1v) is 17.5. The standard InChI is InChI=1S/C44H46O8/c1-5-10-31-24-37(42(49)28-52-34-18-14-30(15-19-34)29-11-7-6-8-12-29)43(26-39(31)46)50-22-9-13-32-23-36(40(47)25-38(32)45)41(48)27-51-35-20-16-33(17-21-35)44(2,3)4/h6-8,11-12,14-21,23-26,45-47H,5,9-10,13,22,27-28H2,1-4H3. The molecule has 5 aromatic rings. The van der Waals surface area contributed by atoms with Gasteiger partial charge in [0.05, 0.1) is 17.7 Å². The number of benzene rings is 5. The van der Waals surface area contributed by atoms with E-state index in [0.29, 0.717) is 47.5 Å². The molecule has 0 unspecified atom stereocenters. The number of ether oxygens (including phenoxy) is 3. The van der Waals surface area contributed by atoms with E-state index in [0.717, 1.165) is 29.2 Å². The number of hydrogen-bond acceptors (Lipinski definition) is 8. The van der Waals surface area contributed by atoms with Crippen molar-refractivity contribution in [1.29, 1.82) is 0 Å². The highest BCUT2D eigenvalue weighted by Crippen LogP contribution is 2.32. The maximum Gasteiger partial charge on any atom is 0.203 e. The highest BCUT2D eigenvalue weighted by atomic mass is 16.5. The molecule has 0 radical (unpaired) electrons. The van der Waals surface area contributed by atoms with Crippen molar-refractivity contribution in [2.45, 2.75) is 58.8 Å². The Hall–Kier alpha value is -5.76. The van der Waals surface area contributed by atoms with Gasteiger partial charge in [-0.1, -0.05) is 88.7 Å². The van der Waals surface area contributed by atoms with E-state index in [1.54, 1.807) is 6.07 Å². The van der Waals surface area contributed by atoms with Gasteiger partial charge in [-0.05, 0) is 88.9 Å². The van der Waals surface area contributed by atoms with E-state index in [1.807, 2.05) is 85.8 Å². The molecule has 0 spiro atoms. The number of aromatic hydroxyl groups is 3. The number of phenols is 3. The first-order valence-electron chi connectivity index (χ1n) is 17.5. The molecule has 0 aromatic heterocycles. The van der Waals surface area contributed by atoms with Crippen molar-refractivity contribution in [2.75, 3.05) is 19.8 Å². The second-order valence-corrected chi connectivity index (χ2v) is 13.8. The summed E-state index contributed by atoms with van der Waals surface area (Å²) in [5, 5.41) is 31.7. The molecule has 8 heteroatoms. The molecule has 3 N–H and O–H groups in total. The van der Waals surface area contributed by atoms with Crippen LogP contribution in [0.5, 0.6) is 34.5 Å². The fraction of sp³-hybridized carbons (Fsp3) is 0.273. The summed E-state index contributed by atoms with van der Waals surface area (Å²) in [4.78, 5) is 26.5. The topological polar surface area (TPSA) is 123 Å². The second kappa shape index (κ2) is 17.0. The lowest BCUT2D eigenvalue weighted by atomic mass is 9.87. The maximum atomic E-state index is 13.4. The molecule has 0 aliphatic heterocycles. The monoisotopic (exact) mass is 702 g/mol. The zero-order chi connectivity index (χ0) is 37.3.